The lowest BCUT2D eigenvalue weighted by atomic mass is 10.0. The van der Waals surface area contributed by atoms with Crippen molar-refractivity contribution in [2.24, 2.45) is 5.84 Å². The topological polar surface area (TPSA) is 91.1 Å². The third-order valence-electron chi connectivity index (χ3n) is 3.43. The molecule has 0 aliphatic carbocycles. The Balaban J connectivity index is 2.02. The largest absolute Gasteiger partial charge is 0.573 e. The van der Waals surface area contributed by atoms with E-state index in [1.807, 2.05) is 0 Å². The van der Waals surface area contributed by atoms with Crippen LogP contribution < -0.4 is 21.7 Å². The van der Waals surface area contributed by atoms with Crippen LogP contribution in [0.25, 0.3) is 16.8 Å². The van der Waals surface area contributed by atoms with Crippen molar-refractivity contribution in [2.45, 2.75) is 6.36 Å². The summed E-state index contributed by atoms with van der Waals surface area (Å²) >= 11 is 0. The van der Waals surface area contributed by atoms with Gasteiger partial charge in [0.15, 0.2) is 5.82 Å². The zero-order valence-corrected chi connectivity index (χ0v) is 12.8. The summed E-state index contributed by atoms with van der Waals surface area (Å²) in [6.07, 6.45) is -3.20. The van der Waals surface area contributed by atoms with Gasteiger partial charge < -0.3 is 15.9 Å². The van der Waals surface area contributed by atoms with E-state index in [1.165, 1.54) is 16.8 Å². The van der Waals surface area contributed by atoms with E-state index in [-0.39, 0.29) is 11.6 Å². The van der Waals surface area contributed by atoms with Gasteiger partial charge in [-0.2, -0.15) is 0 Å². The van der Waals surface area contributed by atoms with Gasteiger partial charge in [0, 0.05) is 5.56 Å². The Labute approximate surface area is 140 Å². The number of hydrazine groups is 1. The Morgan fingerprint density at radius 3 is 2.52 bits per heavy atom. The molecule has 3 aromatic rings. The number of anilines is 2. The molecule has 0 fully saturated rings. The molecule has 9 heteroatoms. The van der Waals surface area contributed by atoms with Gasteiger partial charge in [0.05, 0.1) is 11.9 Å². The molecular weight excluding hydrogens is 335 g/mol. The molecule has 0 aliphatic heterocycles. The molecule has 1 heterocycles. The number of alkyl halides is 3. The van der Waals surface area contributed by atoms with Gasteiger partial charge in [0.25, 0.3) is 0 Å². The van der Waals surface area contributed by atoms with Crippen molar-refractivity contribution in [1.29, 1.82) is 0 Å². The second-order valence-electron chi connectivity index (χ2n) is 5.11. The minimum Gasteiger partial charge on any atom is -0.405 e. The highest BCUT2D eigenvalue weighted by Gasteiger charge is 2.32. The zero-order valence-electron chi connectivity index (χ0n) is 12.8. The van der Waals surface area contributed by atoms with Gasteiger partial charge >= 0.3 is 6.36 Å². The fraction of sp³-hybridized carbons (Fsp3) is 0.0625. The van der Waals surface area contributed by atoms with E-state index in [2.05, 4.69) is 15.3 Å². The molecule has 6 nitrogen and oxygen atoms in total. The number of benzene rings is 2. The van der Waals surface area contributed by atoms with Gasteiger partial charge in [-0.1, -0.05) is 30.3 Å². The molecule has 5 N–H and O–H groups in total. The molecule has 0 saturated carbocycles. The number of nitrogen functional groups attached to an aromatic ring is 2. The number of hydrogen-bond donors (Lipinski definition) is 3. The van der Waals surface area contributed by atoms with Crippen LogP contribution in [0.4, 0.5) is 24.7 Å². The van der Waals surface area contributed by atoms with E-state index in [9.17, 15) is 13.2 Å². The minimum absolute atomic E-state index is 0.203. The number of halogens is 3. The van der Waals surface area contributed by atoms with E-state index in [0.717, 1.165) is 0 Å². The van der Waals surface area contributed by atoms with Gasteiger partial charge in [-0.25, -0.2) is 4.68 Å². The van der Waals surface area contributed by atoms with Crippen molar-refractivity contribution >= 4 is 11.5 Å². The number of rotatable bonds is 4. The molecule has 0 spiro atoms. The summed E-state index contributed by atoms with van der Waals surface area (Å²) in [6, 6.07) is 12.7. The number of nitrogens with zero attached hydrogens (tertiary/aromatic N) is 2. The van der Waals surface area contributed by atoms with Crippen LogP contribution in [0.3, 0.4) is 0 Å². The number of para-hydroxylation sites is 1. The smallest absolute Gasteiger partial charge is 0.405 e. The first kappa shape index (κ1) is 16.7. The van der Waals surface area contributed by atoms with Crippen LogP contribution in [0.5, 0.6) is 5.75 Å². The minimum atomic E-state index is -4.77. The highest BCUT2D eigenvalue weighted by atomic mass is 19.4. The molecule has 0 saturated heterocycles. The van der Waals surface area contributed by atoms with Crippen molar-refractivity contribution in [3.8, 4) is 22.6 Å². The molecule has 0 bridgehead atoms. The average molecular weight is 349 g/mol. The molecule has 0 atom stereocenters. The second-order valence-corrected chi connectivity index (χ2v) is 5.11. The maximum atomic E-state index is 12.6. The van der Waals surface area contributed by atoms with Gasteiger partial charge in [-0.15, -0.1) is 18.3 Å². The number of hydrogen-bond acceptors (Lipinski definition) is 5. The van der Waals surface area contributed by atoms with Crippen LogP contribution in [0.15, 0.2) is 54.7 Å². The lowest BCUT2D eigenvalue weighted by Gasteiger charge is -2.14. The Hall–Kier alpha value is -3.20. The molecule has 130 valence electrons. The third kappa shape index (κ3) is 3.66. The number of nitrogens with two attached hydrogens (primary N) is 2. The normalized spacial score (nSPS) is 11.4. The van der Waals surface area contributed by atoms with Crippen LogP contribution in [-0.2, 0) is 0 Å². The maximum absolute atomic E-state index is 12.6. The SMILES string of the molecule is NNc1cn(-c2cccc(-c3ccccc3OC(F)(F)F)c2)nc1N. The highest BCUT2D eigenvalue weighted by Crippen LogP contribution is 2.34. The predicted octanol–water partition coefficient (Wildman–Crippen LogP) is 3.31. The third-order valence-corrected chi connectivity index (χ3v) is 3.43. The Morgan fingerprint density at radius 2 is 1.84 bits per heavy atom. The van der Waals surface area contributed by atoms with E-state index < -0.39 is 6.36 Å². The molecule has 3 rings (SSSR count). The summed E-state index contributed by atoms with van der Waals surface area (Å²) in [4.78, 5) is 0. The van der Waals surface area contributed by atoms with E-state index in [4.69, 9.17) is 11.6 Å². The standard InChI is InChI=1S/C16H14F3N5O/c17-16(18,19)25-14-7-2-1-6-12(14)10-4-3-5-11(8-10)24-9-13(22-21)15(20)23-24/h1-9,22H,21H2,(H2,20,23). The first-order chi connectivity index (χ1) is 11.9. The van der Waals surface area contributed by atoms with Gasteiger partial charge in [-0.05, 0) is 23.8 Å². The molecule has 1 aromatic heterocycles. The van der Waals surface area contributed by atoms with Crippen molar-refractivity contribution in [2.75, 3.05) is 11.2 Å². The van der Waals surface area contributed by atoms with Crippen molar-refractivity contribution in [1.82, 2.24) is 9.78 Å². The Morgan fingerprint density at radius 1 is 1.08 bits per heavy atom. The average Bonchev–Trinajstić information content (AvgIpc) is 2.95. The van der Waals surface area contributed by atoms with Crippen LogP contribution >= 0.6 is 0 Å². The van der Waals surface area contributed by atoms with Crippen LogP contribution in [0, 0.1) is 0 Å². The van der Waals surface area contributed by atoms with E-state index >= 15 is 0 Å². The summed E-state index contributed by atoms with van der Waals surface area (Å²) in [6.45, 7) is 0. The first-order valence-electron chi connectivity index (χ1n) is 7.15. The first-order valence-corrected chi connectivity index (χ1v) is 7.15. The fourth-order valence-electron chi connectivity index (χ4n) is 2.37. The molecule has 0 unspecified atom stereocenters. The molecular formula is C16H14F3N5O. The van der Waals surface area contributed by atoms with E-state index in [0.29, 0.717) is 22.5 Å². The molecule has 25 heavy (non-hydrogen) atoms. The molecule has 0 aliphatic rings. The Bertz CT molecular complexity index is 891. The van der Waals surface area contributed by atoms with Crippen molar-refractivity contribution < 1.29 is 17.9 Å². The van der Waals surface area contributed by atoms with E-state index in [1.54, 1.807) is 42.6 Å². The second kappa shape index (κ2) is 6.36. The lowest BCUT2D eigenvalue weighted by molar-refractivity contribution is -0.274. The molecule has 2 aromatic carbocycles. The Kier molecular flexibility index (Phi) is 4.24. The van der Waals surface area contributed by atoms with Crippen LogP contribution in [0.1, 0.15) is 0 Å². The monoisotopic (exact) mass is 349 g/mol. The molecule has 0 radical (unpaired) electrons. The fourth-order valence-corrected chi connectivity index (χ4v) is 2.37. The highest BCUT2D eigenvalue weighted by molar-refractivity contribution is 5.72. The summed E-state index contributed by atoms with van der Waals surface area (Å²) in [5, 5.41) is 4.11. The lowest BCUT2D eigenvalue weighted by Crippen LogP contribution is -2.17. The molecule has 0 amide bonds. The number of ether oxygens (including phenoxy) is 1. The number of aromatic nitrogens is 2. The van der Waals surface area contributed by atoms with Crippen molar-refractivity contribution in [3.05, 3.63) is 54.7 Å². The summed E-state index contributed by atoms with van der Waals surface area (Å²) in [5.74, 6) is 5.26. The summed E-state index contributed by atoms with van der Waals surface area (Å²) < 4.78 is 43.4. The van der Waals surface area contributed by atoms with Crippen LogP contribution in [0.2, 0.25) is 0 Å². The summed E-state index contributed by atoms with van der Waals surface area (Å²) in [5.41, 5.74) is 10.0. The quantitative estimate of drug-likeness (QED) is 0.497. The van der Waals surface area contributed by atoms with Crippen LogP contribution in [-0.4, -0.2) is 16.1 Å². The number of nitrogens with one attached hydrogen (secondary N) is 1. The maximum Gasteiger partial charge on any atom is 0.573 e. The van der Waals surface area contributed by atoms with Gasteiger partial charge in [0.2, 0.25) is 0 Å². The zero-order chi connectivity index (χ0) is 18.0. The summed E-state index contributed by atoms with van der Waals surface area (Å²) in [7, 11) is 0. The predicted molar refractivity (Wildman–Crippen MR) is 87.9 cm³/mol. The van der Waals surface area contributed by atoms with Crippen molar-refractivity contribution in [3.63, 3.8) is 0 Å². The van der Waals surface area contributed by atoms with Gasteiger partial charge in [-0.3, -0.25) is 5.84 Å². The van der Waals surface area contributed by atoms with Gasteiger partial charge in [0.1, 0.15) is 11.4 Å².